The summed E-state index contributed by atoms with van der Waals surface area (Å²) in [4.78, 5) is 38.0. The Hall–Kier alpha value is -2.11. The van der Waals surface area contributed by atoms with Gasteiger partial charge >= 0.3 is 17.9 Å². The average Bonchev–Trinajstić information content (AvgIpc) is 3.27. The van der Waals surface area contributed by atoms with E-state index in [1.54, 1.807) is 0 Å². The van der Waals surface area contributed by atoms with Crippen LogP contribution in [0.25, 0.3) is 0 Å². The van der Waals surface area contributed by atoms with Gasteiger partial charge in [0.05, 0.1) is 0 Å². The molecule has 0 saturated heterocycles. The predicted octanol–water partition coefficient (Wildman–Crippen LogP) is 17.9. The number of allylic oxidation sites excluding steroid dienone is 4. The Morgan fingerprint density at radius 3 is 0.855 bits per heavy atom. The molecule has 6 nitrogen and oxygen atoms in total. The maximum absolute atomic E-state index is 12.8. The summed E-state index contributed by atoms with van der Waals surface area (Å²) in [7, 11) is 0. The molecule has 1 atom stereocenters. The standard InChI is InChI=1S/C56H104O6/c1-4-7-10-13-16-19-22-24-26-27-28-29-30-32-34-37-40-43-46-49-55(58)61-52-53(51-60-54(57)48-45-42-39-36-33-21-18-15-12-9-6-3)62-56(59)50-47-44-41-38-35-31-25-23-20-17-14-11-8-5-2/h15,18,27-28,53H,4-14,16-17,19-26,29-52H2,1-3H3/b18-15-,28-27-/t53-/m1/s1. The molecule has 0 aromatic heterocycles. The fraction of sp³-hybridized carbons (Fsp3) is 0.875. The van der Waals surface area contributed by atoms with Crippen molar-refractivity contribution in [1.82, 2.24) is 0 Å². The van der Waals surface area contributed by atoms with Crippen LogP contribution in [-0.2, 0) is 28.6 Å². The Balaban J connectivity index is 4.29. The first-order valence-electron chi connectivity index (χ1n) is 27.3. The van der Waals surface area contributed by atoms with Gasteiger partial charge in [0, 0.05) is 19.3 Å². The van der Waals surface area contributed by atoms with Crippen molar-refractivity contribution < 1.29 is 28.6 Å². The fourth-order valence-electron chi connectivity index (χ4n) is 8.01. The Morgan fingerprint density at radius 1 is 0.306 bits per heavy atom. The number of carbonyl (C=O) groups excluding carboxylic acids is 3. The average molecular weight is 873 g/mol. The topological polar surface area (TPSA) is 78.9 Å². The lowest BCUT2D eigenvalue weighted by Crippen LogP contribution is -2.30. The predicted molar refractivity (Wildman–Crippen MR) is 266 cm³/mol. The second-order valence-corrected chi connectivity index (χ2v) is 18.5. The monoisotopic (exact) mass is 873 g/mol. The molecule has 0 radical (unpaired) electrons. The van der Waals surface area contributed by atoms with Crippen LogP contribution < -0.4 is 0 Å². The van der Waals surface area contributed by atoms with Gasteiger partial charge in [0.15, 0.2) is 6.10 Å². The number of unbranched alkanes of at least 4 members (excludes halogenated alkanes) is 35. The minimum atomic E-state index is -0.771. The normalized spacial score (nSPS) is 12.1. The van der Waals surface area contributed by atoms with E-state index in [2.05, 4.69) is 45.1 Å². The Kier molecular flexibility index (Phi) is 49.8. The van der Waals surface area contributed by atoms with E-state index in [1.807, 2.05) is 0 Å². The van der Waals surface area contributed by atoms with Crippen molar-refractivity contribution in [3.8, 4) is 0 Å². The highest BCUT2D eigenvalue weighted by atomic mass is 16.6. The number of hydrogen-bond donors (Lipinski definition) is 0. The van der Waals surface area contributed by atoms with E-state index in [-0.39, 0.29) is 31.1 Å². The van der Waals surface area contributed by atoms with Gasteiger partial charge < -0.3 is 14.2 Å². The first-order valence-corrected chi connectivity index (χ1v) is 27.3. The largest absolute Gasteiger partial charge is 0.462 e. The Morgan fingerprint density at radius 2 is 0.548 bits per heavy atom. The molecule has 0 saturated carbocycles. The quantitative estimate of drug-likeness (QED) is 0.0262. The zero-order valence-electron chi connectivity index (χ0n) is 41.7. The molecule has 364 valence electrons. The second-order valence-electron chi connectivity index (χ2n) is 18.5. The van der Waals surface area contributed by atoms with Crippen LogP contribution in [0.15, 0.2) is 24.3 Å². The highest BCUT2D eigenvalue weighted by Crippen LogP contribution is 2.16. The van der Waals surface area contributed by atoms with Gasteiger partial charge in [-0.15, -0.1) is 0 Å². The first-order chi connectivity index (χ1) is 30.5. The van der Waals surface area contributed by atoms with E-state index in [9.17, 15) is 14.4 Å². The van der Waals surface area contributed by atoms with Crippen LogP contribution >= 0.6 is 0 Å². The molecular formula is C56H104O6. The van der Waals surface area contributed by atoms with E-state index in [0.29, 0.717) is 19.3 Å². The maximum Gasteiger partial charge on any atom is 0.306 e. The van der Waals surface area contributed by atoms with Crippen molar-refractivity contribution in [2.75, 3.05) is 13.2 Å². The minimum absolute atomic E-state index is 0.0724. The van der Waals surface area contributed by atoms with Gasteiger partial charge in [0.1, 0.15) is 13.2 Å². The van der Waals surface area contributed by atoms with Crippen LogP contribution in [-0.4, -0.2) is 37.2 Å². The summed E-state index contributed by atoms with van der Waals surface area (Å²) in [5.41, 5.74) is 0. The summed E-state index contributed by atoms with van der Waals surface area (Å²) in [6.07, 6.45) is 58.8. The number of ether oxygens (including phenoxy) is 3. The number of hydrogen-bond acceptors (Lipinski definition) is 6. The third kappa shape index (κ3) is 48.9. The highest BCUT2D eigenvalue weighted by Gasteiger charge is 2.19. The molecular weight excluding hydrogens is 769 g/mol. The van der Waals surface area contributed by atoms with Crippen LogP contribution in [0.4, 0.5) is 0 Å². The summed E-state index contributed by atoms with van der Waals surface area (Å²) in [5.74, 6) is -0.871. The van der Waals surface area contributed by atoms with Gasteiger partial charge in [-0.3, -0.25) is 14.4 Å². The van der Waals surface area contributed by atoms with Crippen molar-refractivity contribution in [3.05, 3.63) is 24.3 Å². The fourth-order valence-corrected chi connectivity index (χ4v) is 8.01. The van der Waals surface area contributed by atoms with Crippen LogP contribution in [0, 0.1) is 0 Å². The molecule has 0 aliphatic rings. The third-order valence-corrected chi connectivity index (χ3v) is 12.2. The molecule has 0 fully saturated rings. The van der Waals surface area contributed by atoms with E-state index >= 15 is 0 Å². The highest BCUT2D eigenvalue weighted by molar-refractivity contribution is 5.71. The molecule has 0 unspecified atom stereocenters. The molecule has 62 heavy (non-hydrogen) atoms. The van der Waals surface area contributed by atoms with E-state index < -0.39 is 6.10 Å². The van der Waals surface area contributed by atoms with Gasteiger partial charge in [-0.2, -0.15) is 0 Å². The molecule has 0 bridgehead atoms. The van der Waals surface area contributed by atoms with Crippen molar-refractivity contribution in [2.24, 2.45) is 0 Å². The van der Waals surface area contributed by atoms with Crippen molar-refractivity contribution in [3.63, 3.8) is 0 Å². The molecule has 0 heterocycles. The van der Waals surface area contributed by atoms with Gasteiger partial charge in [-0.1, -0.05) is 238 Å². The first kappa shape index (κ1) is 59.9. The lowest BCUT2D eigenvalue weighted by atomic mass is 10.0. The molecule has 0 aliphatic carbocycles. The molecule has 0 amide bonds. The van der Waals surface area contributed by atoms with Crippen molar-refractivity contribution >= 4 is 17.9 Å². The molecule has 0 spiro atoms. The molecule has 0 aromatic carbocycles. The summed E-state index contributed by atoms with van der Waals surface area (Å²) in [5, 5.41) is 0. The molecule has 6 heteroatoms. The SMILES string of the molecule is CCCC/C=C\CCCCCCCC(=O)OC[C@H](COC(=O)CCCCCCCCC/C=C\CCCCCCCCCC)OC(=O)CCCCCCCCCCCCCCCC. The van der Waals surface area contributed by atoms with Gasteiger partial charge in [-0.05, 0) is 64.2 Å². The molecule has 0 rings (SSSR count). The molecule has 0 aromatic rings. The van der Waals surface area contributed by atoms with E-state index in [0.717, 1.165) is 64.2 Å². The van der Waals surface area contributed by atoms with Crippen molar-refractivity contribution in [2.45, 2.75) is 303 Å². The maximum atomic E-state index is 12.8. The van der Waals surface area contributed by atoms with Gasteiger partial charge in [0.25, 0.3) is 0 Å². The third-order valence-electron chi connectivity index (χ3n) is 12.2. The molecule has 0 N–H and O–H groups in total. The van der Waals surface area contributed by atoms with Crippen LogP contribution in [0.2, 0.25) is 0 Å². The van der Waals surface area contributed by atoms with E-state index in [1.165, 1.54) is 193 Å². The van der Waals surface area contributed by atoms with Crippen LogP contribution in [0.3, 0.4) is 0 Å². The van der Waals surface area contributed by atoms with Crippen molar-refractivity contribution in [1.29, 1.82) is 0 Å². The summed E-state index contributed by atoms with van der Waals surface area (Å²) in [6.45, 7) is 6.62. The zero-order valence-corrected chi connectivity index (χ0v) is 41.7. The summed E-state index contributed by atoms with van der Waals surface area (Å²) >= 11 is 0. The number of rotatable bonds is 50. The smallest absolute Gasteiger partial charge is 0.306 e. The minimum Gasteiger partial charge on any atom is -0.462 e. The lowest BCUT2D eigenvalue weighted by Gasteiger charge is -2.18. The molecule has 0 aliphatic heterocycles. The van der Waals surface area contributed by atoms with Crippen LogP contribution in [0.5, 0.6) is 0 Å². The second kappa shape index (κ2) is 51.5. The number of carbonyl (C=O) groups is 3. The van der Waals surface area contributed by atoms with E-state index in [4.69, 9.17) is 14.2 Å². The Labute approximate surface area is 385 Å². The summed E-state index contributed by atoms with van der Waals surface area (Å²) < 4.78 is 16.8. The Bertz CT molecular complexity index is 1000. The number of esters is 3. The van der Waals surface area contributed by atoms with Crippen LogP contribution in [0.1, 0.15) is 297 Å². The van der Waals surface area contributed by atoms with Gasteiger partial charge in [-0.25, -0.2) is 0 Å². The summed E-state index contributed by atoms with van der Waals surface area (Å²) in [6, 6.07) is 0. The van der Waals surface area contributed by atoms with Gasteiger partial charge in [0.2, 0.25) is 0 Å². The zero-order chi connectivity index (χ0) is 45.1. The lowest BCUT2D eigenvalue weighted by molar-refractivity contribution is -0.167.